The van der Waals surface area contributed by atoms with E-state index in [0.717, 1.165) is 10.9 Å². The lowest BCUT2D eigenvalue weighted by Crippen LogP contribution is -2.27. The number of nitrogens with two attached hydrogens (primary N) is 1. The highest BCUT2D eigenvalue weighted by atomic mass is 19.3. The maximum absolute atomic E-state index is 12.2. The Morgan fingerprint density at radius 2 is 2.11 bits per heavy atom. The number of fused-ring (bicyclic) bond motifs is 1. The first-order valence-corrected chi connectivity index (χ1v) is 5.43. The number of benzene rings is 1. The Labute approximate surface area is 102 Å². The smallest absolute Gasteiger partial charge is 0.265 e. The summed E-state index contributed by atoms with van der Waals surface area (Å²) in [7, 11) is 0. The summed E-state index contributed by atoms with van der Waals surface area (Å²) in [6, 6.07) is 6.94. The number of hydrogen-bond donors (Lipinski definition) is 3. The van der Waals surface area contributed by atoms with Gasteiger partial charge < -0.3 is 16.2 Å². The molecule has 0 aliphatic heterocycles. The molecular weight excluding hydrogens is 240 g/mol. The van der Waals surface area contributed by atoms with Gasteiger partial charge in [0.05, 0.1) is 16.9 Å². The number of aliphatic hydroxyl groups excluding tert-OH is 1. The highest BCUT2D eigenvalue weighted by molar-refractivity contribution is 5.96. The molecule has 0 saturated heterocycles. The van der Waals surface area contributed by atoms with Crippen LogP contribution >= 0.6 is 0 Å². The second-order valence-electron chi connectivity index (χ2n) is 3.88. The second-order valence-corrected chi connectivity index (χ2v) is 3.88. The zero-order valence-corrected chi connectivity index (χ0v) is 9.48. The number of rotatable bonds is 4. The van der Waals surface area contributed by atoms with Crippen molar-refractivity contribution in [1.29, 1.82) is 0 Å². The van der Waals surface area contributed by atoms with Crippen LogP contribution in [0.2, 0.25) is 0 Å². The van der Waals surface area contributed by atoms with Crippen LogP contribution in [-0.2, 0) is 0 Å². The number of anilines is 2. The van der Waals surface area contributed by atoms with Crippen molar-refractivity contribution in [2.24, 2.45) is 0 Å². The minimum absolute atomic E-state index is 0.256. The van der Waals surface area contributed by atoms with E-state index in [4.69, 9.17) is 10.8 Å². The fourth-order valence-electron chi connectivity index (χ4n) is 1.63. The topological polar surface area (TPSA) is 71.2 Å². The molecule has 0 bridgehead atoms. The van der Waals surface area contributed by atoms with Crippen LogP contribution in [0.1, 0.15) is 0 Å². The Bertz CT molecular complexity index is 548. The van der Waals surface area contributed by atoms with Gasteiger partial charge in [-0.25, -0.2) is 8.78 Å². The van der Waals surface area contributed by atoms with Gasteiger partial charge in [0.1, 0.15) is 6.10 Å². The van der Waals surface area contributed by atoms with Crippen LogP contribution in [0.25, 0.3) is 10.9 Å². The van der Waals surface area contributed by atoms with E-state index in [9.17, 15) is 8.78 Å². The predicted molar refractivity (Wildman–Crippen MR) is 66.7 cm³/mol. The number of nitrogen functional groups attached to an aromatic ring is 1. The molecule has 0 aliphatic carbocycles. The highest BCUT2D eigenvalue weighted by Crippen LogP contribution is 2.27. The summed E-state index contributed by atoms with van der Waals surface area (Å²) in [6.45, 7) is -0.256. The number of pyridine rings is 1. The summed E-state index contributed by atoms with van der Waals surface area (Å²) in [5.74, 6) is 0. The quantitative estimate of drug-likeness (QED) is 0.727. The second kappa shape index (κ2) is 5.14. The van der Waals surface area contributed by atoms with Crippen molar-refractivity contribution in [2.75, 3.05) is 17.6 Å². The van der Waals surface area contributed by atoms with E-state index in [2.05, 4.69) is 10.3 Å². The van der Waals surface area contributed by atoms with Crippen LogP contribution < -0.4 is 11.1 Å². The predicted octanol–water partition coefficient (Wildman–Crippen LogP) is 1.85. The lowest BCUT2D eigenvalue weighted by molar-refractivity contribution is 0.00385. The maximum atomic E-state index is 12.2. The standard InChI is InChI=1S/C12H13F2N3O/c13-12(14)10(18)6-17-9-4-3-8-7(11(9)15)2-1-5-16-8/h1-5,10,12,17-18H,6,15H2. The van der Waals surface area contributed by atoms with Gasteiger partial charge in [-0.3, -0.25) is 4.98 Å². The Kier molecular flexibility index (Phi) is 3.57. The van der Waals surface area contributed by atoms with E-state index in [0.29, 0.717) is 11.4 Å². The number of aromatic nitrogens is 1. The van der Waals surface area contributed by atoms with Crippen LogP contribution in [0.15, 0.2) is 30.5 Å². The fourth-order valence-corrected chi connectivity index (χ4v) is 1.63. The number of alkyl halides is 2. The number of nitrogens with one attached hydrogen (secondary N) is 1. The summed E-state index contributed by atoms with van der Waals surface area (Å²) >= 11 is 0. The molecule has 0 amide bonds. The first-order chi connectivity index (χ1) is 8.59. The zero-order chi connectivity index (χ0) is 13.1. The Hall–Kier alpha value is -1.95. The molecule has 2 rings (SSSR count). The van der Waals surface area contributed by atoms with E-state index in [1.165, 1.54) is 0 Å². The fraction of sp³-hybridized carbons (Fsp3) is 0.250. The van der Waals surface area contributed by atoms with E-state index in [-0.39, 0.29) is 6.54 Å². The van der Waals surface area contributed by atoms with Crippen molar-refractivity contribution >= 4 is 22.3 Å². The summed E-state index contributed by atoms with van der Waals surface area (Å²) in [4.78, 5) is 4.13. The Balaban J connectivity index is 2.21. The first-order valence-electron chi connectivity index (χ1n) is 5.43. The number of nitrogens with zero attached hydrogens (tertiary/aromatic N) is 1. The first kappa shape index (κ1) is 12.5. The minimum Gasteiger partial charge on any atom is -0.397 e. The normalized spacial score (nSPS) is 12.9. The van der Waals surface area contributed by atoms with Crippen molar-refractivity contribution in [3.05, 3.63) is 30.5 Å². The van der Waals surface area contributed by atoms with Crippen LogP contribution in [0.5, 0.6) is 0 Å². The molecular formula is C12H13F2N3O. The molecule has 96 valence electrons. The number of hydrogen-bond acceptors (Lipinski definition) is 4. The van der Waals surface area contributed by atoms with Gasteiger partial charge in [0.15, 0.2) is 0 Å². The van der Waals surface area contributed by atoms with E-state index in [1.54, 1.807) is 30.5 Å². The highest BCUT2D eigenvalue weighted by Gasteiger charge is 2.16. The summed E-state index contributed by atoms with van der Waals surface area (Å²) < 4.78 is 24.3. The zero-order valence-electron chi connectivity index (χ0n) is 9.48. The molecule has 4 nitrogen and oxygen atoms in total. The lowest BCUT2D eigenvalue weighted by atomic mass is 10.1. The van der Waals surface area contributed by atoms with Gasteiger partial charge in [-0.1, -0.05) is 0 Å². The van der Waals surface area contributed by atoms with Gasteiger partial charge in [-0.05, 0) is 24.3 Å². The molecule has 0 aliphatic rings. The van der Waals surface area contributed by atoms with Crippen molar-refractivity contribution in [3.63, 3.8) is 0 Å². The van der Waals surface area contributed by atoms with Crippen molar-refractivity contribution < 1.29 is 13.9 Å². The van der Waals surface area contributed by atoms with Gasteiger partial charge >= 0.3 is 0 Å². The van der Waals surface area contributed by atoms with Gasteiger partial charge in [-0.2, -0.15) is 0 Å². The average molecular weight is 253 g/mol. The molecule has 6 heteroatoms. The largest absolute Gasteiger partial charge is 0.397 e. The van der Waals surface area contributed by atoms with Crippen LogP contribution in [0.3, 0.4) is 0 Å². The molecule has 1 aromatic heterocycles. The summed E-state index contributed by atoms with van der Waals surface area (Å²) in [5.41, 5.74) is 7.58. The van der Waals surface area contributed by atoms with Gasteiger partial charge in [-0.15, -0.1) is 0 Å². The molecule has 18 heavy (non-hydrogen) atoms. The van der Waals surface area contributed by atoms with Crippen LogP contribution in [-0.4, -0.2) is 29.2 Å². The summed E-state index contributed by atoms with van der Waals surface area (Å²) in [6.07, 6.45) is -2.84. The Morgan fingerprint density at radius 1 is 1.33 bits per heavy atom. The Morgan fingerprint density at radius 3 is 2.83 bits per heavy atom. The van der Waals surface area contributed by atoms with Gasteiger partial charge in [0.2, 0.25) is 0 Å². The van der Waals surface area contributed by atoms with Crippen LogP contribution in [0, 0.1) is 0 Å². The number of halogens is 2. The molecule has 1 unspecified atom stereocenters. The number of aliphatic hydroxyl groups is 1. The van der Waals surface area contributed by atoms with Crippen molar-refractivity contribution in [3.8, 4) is 0 Å². The van der Waals surface area contributed by atoms with Crippen LogP contribution in [0.4, 0.5) is 20.2 Å². The SMILES string of the molecule is Nc1c(NCC(O)C(F)F)ccc2ncccc12. The maximum Gasteiger partial charge on any atom is 0.265 e. The minimum atomic E-state index is -2.78. The van der Waals surface area contributed by atoms with E-state index < -0.39 is 12.5 Å². The monoisotopic (exact) mass is 253 g/mol. The van der Waals surface area contributed by atoms with Crippen molar-refractivity contribution in [2.45, 2.75) is 12.5 Å². The third-order valence-electron chi connectivity index (χ3n) is 2.62. The van der Waals surface area contributed by atoms with Crippen molar-refractivity contribution in [1.82, 2.24) is 4.98 Å². The third kappa shape index (κ3) is 2.48. The molecule has 4 N–H and O–H groups in total. The lowest BCUT2D eigenvalue weighted by Gasteiger charge is -2.14. The van der Waals surface area contributed by atoms with E-state index in [1.807, 2.05) is 0 Å². The molecule has 0 radical (unpaired) electrons. The van der Waals surface area contributed by atoms with Gasteiger partial charge in [0.25, 0.3) is 6.43 Å². The average Bonchev–Trinajstić information content (AvgIpc) is 2.38. The summed E-state index contributed by atoms with van der Waals surface area (Å²) in [5, 5.41) is 12.5. The molecule has 2 aromatic rings. The molecule has 0 fully saturated rings. The van der Waals surface area contributed by atoms with Gasteiger partial charge in [0, 0.05) is 18.1 Å². The molecule has 1 aromatic carbocycles. The molecule has 0 spiro atoms. The molecule has 0 saturated carbocycles. The molecule has 1 heterocycles. The molecule has 1 atom stereocenters. The third-order valence-corrected chi connectivity index (χ3v) is 2.62. The van der Waals surface area contributed by atoms with E-state index >= 15 is 0 Å².